The fraction of sp³-hybridized carbons (Fsp3) is 0.600. The Labute approximate surface area is 112 Å². The average molecular weight is 269 g/mol. The Hall–Kier alpha value is -1.00. The van der Waals surface area contributed by atoms with Gasteiger partial charge in [0, 0.05) is 18.0 Å². The maximum absolute atomic E-state index is 13.4. The Morgan fingerprint density at radius 1 is 1.16 bits per heavy atom. The average Bonchev–Trinajstić information content (AvgIpc) is 2.38. The summed E-state index contributed by atoms with van der Waals surface area (Å²) in [5.74, 6) is -1.34. The molecule has 19 heavy (non-hydrogen) atoms. The lowest BCUT2D eigenvalue weighted by atomic mass is 9.61. The standard InChI is InChI=1S/C15H21F2NO/c1-14(19,11-7-12(16)9-13(17)8-11)15(10-18)5-3-2-4-6-15/h7-9,19H,2-6,10,18H2,1H3. The van der Waals surface area contributed by atoms with Crippen molar-refractivity contribution >= 4 is 0 Å². The first-order chi connectivity index (χ1) is 8.91. The zero-order valence-electron chi connectivity index (χ0n) is 11.3. The summed E-state index contributed by atoms with van der Waals surface area (Å²) in [6, 6.07) is 3.22. The Bertz CT molecular complexity index is 433. The normalized spacial score (nSPS) is 21.9. The Balaban J connectivity index is 2.43. The molecule has 0 saturated heterocycles. The lowest BCUT2D eigenvalue weighted by Gasteiger charge is -2.47. The molecule has 1 aliphatic rings. The third-order valence-electron chi connectivity index (χ3n) is 4.66. The van der Waals surface area contributed by atoms with E-state index in [0.29, 0.717) is 6.54 Å². The van der Waals surface area contributed by atoms with Crippen molar-refractivity contribution in [2.24, 2.45) is 11.1 Å². The third kappa shape index (κ3) is 2.51. The van der Waals surface area contributed by atoms with E-state index < -0.39 is 22.7 Å². The number of halogens is 2. The number of hydrogen-bond acceptors (Lipinski definition) is 2. The van der Waals surface area contributed by atoms with Crippen LogP contribution in [0.5, 0.6) is 0 Å². The topological polar surface area (TPSA) is 46.2 Å². The third-order valence-corrected chi connectivity index (χ3v) is 4.66. The predicted octanol–water partition coefficient (Wildman–Crippen LogP) is 3.08. The van der Waals surface area contributed by atoms with Gasteiger partial charge in [0.2, 0.25) is 0 Å². The van der Waals surface area contributed by atoms with Crippen LogP contribution in [0.2, 0.25) is 0 Å². The van der Waals surface area contributed by atoms with Crippen molar-refractivity contribution in [2.45, 2.75) is 44.6 Å². The maximum Gasteiger partial charge on any atom is 0.126 e. The molecule has 106 valence electrons. The van der Waals surface area contributed by atoms with Gasteiger partial charge in [-0.1, -0.05) is 19.3 Å². The summed E-state index contributed by atoms with van der Waals surface area (Å²) in [7, 11) is 0. The first-order valence-corrected chi connectivity index (χ1v) is 6.80. The highest BCUT2D eigenvalue weighted by Gasteiger charge is 2.47. The van der Waals surface area contributed by atoms with E-state index in [2.05, 4.69) is 0 Å². The second-order valence-electron chi connectivity index (χ2n) is 5.78. The van der Waals surface area contributed by atoms with Crippen molar-refractivity contribution in [3.63, 3.8) is 0 Å². The highest BCUT2D eigenvalue weighted by Crippen LogP contribution is 2.49. The molecular weight excluding hydrogens is 248 g/mol. The molecule has 3 N–H and O–H groups in total. The van der Waals surface area contributed by atoms with Crippen LogP contribution in [-0.2, 0) is 5.60 Å². The van der Waals surface area contributed by atoms with Gasteiger partial charge in [-0.2, -0.15) is 0 Å². The summed E-state index contributed by atoms with van der Waals surface area (Å²) in [6.45, 7) is 1.94. The molecule has 4 heteroatoms. The van der Waals surface area contributed by atoms with Gasteiger partial charge in [-0.15, -0.1) is 0 Å². The van der Waals surface area contributed by atoms with Gasteiger partial charge in [0.05, 0.1) is 5.60 Å². The van der Waals surface area contributed by atoms with Gasteiger partial charge < -0.3 is 10.8 Å². The van der Waals surface area contributed by atoms with E-state index in [9.17, 15) is 13.9 Å². The fourth-order valence-corrected chi connectivity index (χ4v) is 3.26. The number of rotatable bonds is 3. The first kappa shape index (κ1) is 14.4. The molecule has 1 aromatic rings. The summed E-state index contributed by atoms with van der Waals surface area (Å²) >= 11 is 0. The molecule has 1 aliphatic carbocycles. The van der Waals surface area contributed by atoms with E-state index in [-0.39, 0.29) is 5.56 Å². The van der Waals surface area contributed by atoms with E-state index >= 15 is 0 Å². The highest BCUT2D eigenvalue weighted by molar-refractivity contribution is 5.27. The van der Waals surface area contributed by atoms with Crippen molar-refractivity contribution < 1.29 is 13.9 Å². The van der Waals surface area contributed by atoms with Crippen LogP contribution in [-0.4, -0.2) is 11.7 Å². The zero-order valence-corrected chi connectivity index (χ0v) is 11.3. The molecule has 0 aromatic heterocycles. The SMILES string of the molecule is CC(O)(c1cc(F)cc(F)c1)C1(CN)CCCCC1. The summed E-state index contributed by atoms with van der Waals surface area (Å²) in [4.78, 5) is 0. The predicted molar refractivity (Wildman–Crippen MR) is 70.5 cm³/mol. The number of nitrogens with two attached hydrogens (primary N) is 1. The van der Waals surface area contributed by atoms with Crippen LogP contribution in [0.15, 0.2) is 18.2 Å². The van der Waals surface area contributed by atoms with Crippen molar-refractivity contribution in [3.05, 3.63) is 35.4 Å². The van der Waals surface area contributed by atoms with Crippen LogP contribution in [0, 0.1) is 17.0 Å². The van der Waals surface area contributed by atoms with E-state index in [0.717, 1.165) is 38.2 Å². The lowest BCUT2D eigenvalue weighted by Crippen LogP contribution is -2.49. The molecule has 1 unspecified atom stereocenters. The van der Waals surface area contributed by atoms with Crippen molar-refractivity contribution in [2.75, 3.05) is 6.54 Å². The van der Waals surface area contributed by atoms with Gasteiger partial charge >= 0.3 is 0 Å². The van der Waals surface area contributed by atoms with Gasteiger partial charge in [-0.05, 0) is 37.5 Å². The van der Waals surface area contributed by atoms with Gasteiger partial charge in [0.15, 0.2) is 0 Å². The fourth-order valence-electron chi connectivity index (χ4n) is 3.26. The maximum atomic E-state index is 13.4. The highest BCUT2D eigenvalue weighted by atomic mass is 19.1. The minimum absolute atomic E-state index is 0.275. The molecule has 2 nitrogen and oxygen atoms in total. The number of benzene rings is 1. The molecule has 0 amide bonds. The lowest BCUT2D eigenvalue weighted by molar-refractivity contribution is -0.0922. The van der Waals surface area contributed by atoms with E-state index in [4.69, 9.17) is 5.73 Å². The molecule has 1 fully saturated rings. The molecule has 0 bridgehead atoms. The van der Waals surface area contributed by atoms with Crippen LogP contribution < -0.4 is 5.73 Å². The minimum Gasteiger partial charge on any atom is -0.385 e. The van der Waals surface area contributed by atoms with Gasteiger partial charge in [-0.3, -0.25) is 0 Å². The van der Waals surface area contributed by atoms with E-state index in [1.54, 1.807) is 6.92 Å². The molecule has 2 rings (SSSR count). The van der Waals surface area contributed by atoms with Crippen LogP contribution in [0.3, 0.4) is 0 Å². The Kier molecular flexibility index (Phi) is 3.92. The minimum atomic E-state index is -1.31. The smallest absolute Gasteiger partial charge is 0.126 e. The Morgan fingerprint density at radius 2 is 1.68 bits per heavy atom. The van der Waals surface area contributed by atoms with Gasteiger partial charge in [-0.25, -0.2) is 8.78 Å². The first-order valence-electron chi connectivity index (χ1n) is 6.80. The molecule has 0 spiro atoms. The second-order valence-corrected chi connectivity index (χ2v) is 5.78. The molecule has 0 radical (unpaired) electrons. The van der Waals surface area contributed by atoms with Gasteiger partial charge in [0.1, 0.15) is 11.6 Å². The zero-order chi connectivity index (χ0) is 14.1. The molecular formula is C15H21F2NO. The molecule has 0 aliphatic heterocycles. The monoisotopic (exact) mass is 269 g/mol. The molecule has 1 atom stereocenters. The number of hydrogen-bond donors (Lipinski definition) is 2. The van der Waals surface area contributed by atoms with Crippen LogP contribution in [0.1, 0.15) is 44.6 Å². The van der Waals surface area contributed by atoms with Crippen LogP contribution >= 0.6 is 0 Å². The number of aliphatic hydroxyl groups is 1. The van der Waals surface area contributed by atoms with Crippen molar-refractivity contribution in [1.29, 1.82) is 0 Å². The summed E-state index contributed by atoms with van der Waals surface area (Å²) < 4.78 is 26.7. The second kappa shape index (κ2) is 5.17. The van der Waals surface area contributed by atoms with Crippen molar-refractivity contribution in [1.82, 2.24) is 0 Å². The Morgan fingerprint density at radius 3 is 2.16 bits per heavy atom. The van der Waals surface area contributed by atoms with E-state index in [1.165, 1.54) is 12.1 Å². The van der Waals surface area contributed by atoms with Gasteiger partial charge in [0.25, 0.3) is 0 Å². The molecule has 1 aromatic carbocycles. The van der Waals surface area contributed by atoms with Crippen LogP contribution in [0.25, 0.3) is 0 Å². The summed E-state index contributed by atoms with van der Waals surface area (Å²) in [5, 5.41) is 10.9. The summed E-state index contributed by atoms with van der Waals surface area (Å²) in [5.41, 5.74) is 4.36. The largest absolute Gasteiger partial charge is 0.385 e. The molecule has 1 saturated carbocycles. The summed E-state index contributed by atoms with van der Waals surface area (Å²) in [6.07, 6.45) is 4.68. The van der Waals surface area contributed by atoms with Crippen molar-refractivity contribution in [3.8, 4) is 0 Å². The molecule has 0 heterocycles. The quantitative estimate of drug-likeness (QED) is 0.885. The van der Waals surface area contributed by atoms with Crippen LogP contribution in [0.4, 0.5) is 8.78 Å². The van der Waals surface area contributed by atoms with E-state index in [1.807, 2.05) is 0 Å².